The van der Waals surface area contributed by atoms with Gasteiger partial charge in [0.1, 0.15) is 17.3 Å². The van der Waals surface area contributed by atoms with Crippen molar-refractivity contribution >= 4 is 29.6 Å². The van der Waals surface area contributed by atoms with Crippen LogP contribution in [0.25, 0.3) is 0 Å². The lowest BCUT2D eigenvalue weighted by Gasteiger charge is -2.28. The lowest BCUT2D eigenvalue weighted by Crippen LogP contribution is -2.59. The molecule has 0 aliphatic rings. The number of hydrogen-bond donors (Lipinski definition) is 4. The number of ether oxygens (including phenoxy) is 1. The highest BCUT2D eigenvalue weighted by Crippen LogP contribution is 2.13. The quantitative estimate of drug-likeness (QED) is 0.234. The molecule has 0 radical (unpaired) electrons. The molecule has 0 aliphatic heterocycles. The zero-order valence-corrected chi connectivity index (χ0v) is 21.3. The standard InChI is InChI=1S/C27H34N4O6/c1-18(32)37-21-11-9-19(10-12-21)15-16-29-26(36)27(2,3)31-25(35)22(17-20-7-5-4-6-8-20)30-24(34)14-13-23(28)33/h4-12,22H,13-17H2,1-3H3,(H2,28,33)(H,29,36)(H,30,34)(H,31,35). The maximum atomic E-state index is 13.1. The Morgan fingerprint density at radius 2 is 1.57 bits per heavy atom. The van der Waals surface area contributed by atoms with Crippen LogP contribution < -0.4 is 26.4 Å². The third kappa shape index (κ3) is 10.5. The molecule has 0 bridgehead atoms. The number of hydrogen-bond acceptors (Lipinski definition) is 6. The Morgan fingerprint density at radius 1 is 0.919 bits per heavy atom. The molecular weight excluding hydrogens is 476 g/mol. The molecule has 37 heavy (non-hydrogen) atoms. The third-order valence-corrected chi connectivity index (χ3v) is 5.42. The first kappa shape index (κ1) is 29.0. The highest BCUT2D eigenvalue weighted by Gasteiger charge is 2.32. The Kier molecular flexibility index (Phi) is 10.8. The van der Waals surface area contributed by atoms with Gasteiger partial charge in [0.05, 0.1) is 0 Å². The van der Waals surface area contributed by atoms with Crippen LogP contribution >= 0.6 is 0 Å². The van der Waals surface area contributed by atoms with E-state index in [1.807, 2.05) is 30.3 Å². The van der Waals surface area contributed by atoms with E-state index in [2.05, 4.69) is 16.0 Å². The van der Waals surface area contributed by atoms with Crippen LogP contribution in [-0.2, 0) is 36.8 Å². The summed E-state index contributed by atoms with van der Waals surface area (Å²) < 4.78 is 5.00. The van der Waals surface area contributed by atoms with Crippen LogP contribution in [0.2, 0.25) is 0 Å². The minimum atomic E-state index is -1.26. The van der Waals surface area contributed by atoms with Gasteiger partial charge in [0, 0.05) is 32.7 Å². The minimum absolute atomic E-state index is 0.133. The number of carbonyl (C=O) groups excluding carboxylic acids is 5. The minimum Gasteiger partial charge on any atom is -0.427 e. The van der Waals surface area contributed by atoms with Gasteiger partial charge in [-0.15, -0.1) is 0 Å². The van der Waals surface area contributed by atoms with E-state index in [1.165, 1.54) is 6.92 Å². The molecule has 0 aromatic heterocycles. The summed E-state index contributed by atoms with van der Waals surface area (Å²) in [6, 6.07) is 15.1. The number of nitrogens with one attached hydrogen (secondary N) is 3. The molecule has 0 aliphatic carbocycles. The van der Waals surface area contributed by atoms with Crippen LogP contribution in [0.3, 0.4) is 0 Å². The second-order valence-corrected chi connectivity index (χ2v) is 9.13. The lowest BCUT2D eigenvalue weighted by molar-refractivity contribution is -0.134. The fraction of sp³-hybridized carbons (Fsp3) is 0.370. The molecule has 0 saturated carbocycles. The summed E-state index contributed by atoms with van der Waals surface area (Å²) >= 11 is 0. The number of carbonyl (C=O) groups is 5. The molecule has 4 amide bonds. The molecule has 0 spiro atoms. The first-order valence-corrected chi connectivity index (χ1v) is 12.0. The van der Waals surface area contributed by atoms with Gasteiger partial charge in [0.2, 0.25) is 23.6 Å². The van der Waals surface area contributed by atoms with Crippen LogP contribution in [0.5, 0.6) is 5.75 Å². The van der Waals surface area contributed by atoms with Gasteiger partial charge in [0.25, 0.3) is 0 Å². The second kappa shape index (κ2) is 13.8. The van der Waals surface area contributed by atoms with Crippen LogP contribution in [-0.4, -0.2) is 47.7 Å². The summed E-state index contributed by atoms with van der Waals surface area (Å²) in [5, 5.41) is 8.16. The fourth-order valence-corrected chi connectivity index (χ4v) is 3.45. The Morgan fingerprint density at radius 3 is 2.16 bits per heavy atom. The van der Waals surface area contributed by atoms with Crippen molar-refractivity contribution < 1.29 is 28.7 Å². The Hall–Kier alpha value is -4.21. The zero-order valence-electron chi connectivity index (χ0n) is 21.3. The Balaban J connectivity index is 1.96. The van der Waals surface area contributed by atoms with Gasteiger partial charge in [0.15, 0.2) is 0 Å². The van der Waals surface area contributed by atoms with E-state index in [0.29, 0.717) is 18.7 Å². The molecule has 2 aromatic carbocycles. The molecule has 2 rings (SSSR count). The van der Waals surface area contributed by atoms with E-state index >= 15 is 0 Å². The van der Waals surface area contributed by atoms with E-state index < -0.39 is 41.2 Å². The van der Waals surface area contributed by atoms with E-state index in [0.717, 1.165) is 11.1 Å². The summed E-state index contributed by atoms with van der Waals surface area (Å²) in [7, 11) is 0. The van der Waals surface area contributed by atoms with Crippen LogP contribution in [0.15, 0.2) is 54.6 Å². The molecular formula is C27H34N4O6. The van der Waals surface area contributed by atoms with Crippen molar-refractivity contribution in [1.82, 2.24) is 16.0 Å². The second-order valence-electron chi connectivity index (χ2n) is 9.13. The number of esters is 1. The zero-order chi connectivity index (χ0) is 27.4. The monoisotopic (exact) mass is 510 g/mol. The Labute approximate surface area is 216 Å². The molecule has 0 fully saturated rings. The summed E-state index contributed by atoms with van der Waals surface area (Å²) in [4.78, 5) is 60.3. The molecule has 10 heteroatoms. The topological polar surface area (TPSA) is 157 Å². The van der Waals surface area contributed by atoms with Crippen molar-refractivity contribution in [3.63, 3.8) is 0 Å². The van der Waals surface area contributed by atoms with Crippen molar-refractivity contribution in [2.24, 2.45) is 5.73 Å². The van der Waals surface area contributed by atoms with Gasteiger partial charge in [-0.2, -0.15) is 0 Å². The molecule has 2 aromatic rings. The average Bonchev–Trinajstić information content (AvgIpc) is 2.83. The van der Waals surface area contributed by atoms with Crippen LogP contribution in [0, 0.1) is 0 Å². The number of benzene rings is 2. The average molecular weight is 511 g/mol. The molecule has 0 heterocycles. The summed E-state index contributed by atoms with van der Waals surface area (Å²) in [5.41, 5.74) is 5.60. The highest BCUT2D eigenvalue weighted by atomic mass is 16.5. The molecule has 1 atom stereocenters. The van der Waals surface area contributed by atoms with Crippen molar-refractivity contribution in [2.45, 2.75) is 58.0 Å². The number of amides is 4. The maximum Gasteiger partial charge on any atom is 0.308 e. The largest absolute Gasteiger partial charge is 0.427 e. The molecule has 10 nitrogen and oxygen atoms in total. The predicted molar refractivity (Wildman–Crippen MR) is 137 cm³/mol. The van der Waals surface area contributed by atoms with Gasteiger partial charge in [-0.05, 0) is 43.5 Å². The normalized spacial score (nSPS) is 11.6. The maximum absolute atomic E-state index is 13.1. The molecule has 5 N–H and O–H groups in total. The first-order chi connectivity index (χ1) is 17.5. The third-order valence-electron chi connectivity index (χ3n) is 5.42. The molecule has 1 unspecified atom stereocenters. The van der Waals surface area contributed by atoms with Crippen LogP contribution in [0.1, 0.15) is 44.7 Å². The van der Waals surface area contributed by atoms with Crippen LogP contribution in [0.4, 0.5) is 0 Å². The van der Waals surface area contributed by atoms with Crippen molar-refractivity contribution in [3.05, 3.63) is 65.7 Å². The van der Waals surface area contributed by atoms with Gasteiger partial charge < -0.3 is 26.4 Å². The molecule has 198 valence electrons. The predicted octanol–water partition coefficient (Wildman–Crippen LogP) is 1.16. The number of primary amides is 1. The SMILES string of the molecule is CC(=O)Oc1ccc(CCNC(=O)C(C)(C)NC(=O)C(Cc2ccccc2)NC(=O)CCC(N)=O)cc1. The molecule has 0 saturated heterocycles. The Bertz CT molecular complexity index is 1100. The van der Waals surface area contributed by atoms with E-state index in [-0.39, 0.29) is 19.3 Å². The van der Waals surface area contributed by atoms with Crippen molar-refractivity contribution in [3.8, 4) is 5.75 Å². The van der Waals surface area contributed by atoms with Gasteiger partial charge in [-0.3, -0.25) is 24.0 Å². The van der Waals surface area contributed by atoms with E-state index in [1.54, 1.807) is 38.1 Å². The summed E-state index contributed by atoms with van der Waals surface area (Å²) in [6.07, 6.45) is 0.463. The first-order valence-electron chi connectivity index (χ1n) is 12.0. The number of nitrogens with two attached hydrogens (primary N) is 1. The van der Waals surface area contributed by atoms with Crippen molar-refractivity contribution in [1.29, 1.82) is 0 Å². The highest BCUT2D eigenvalue weighted by molar-refractivity contribution is 5.94. The fourth-order valence-electron chi connectivity index (χ4n) is 3.45. The van der Waals surface area contributed by atoms with Gasteiger partial charge in [-0.1, -0.05) is 42.5 Å². The van der Waals surface area contributed by atoms with E-state index in [9.17, 15) is 24.0 Å². The summed E-state index contributed by atoms with van der Waals surface area (Å²) in [6.45, 7) is 4.79. The summed E-state index contributed by atoms with van der Waals surface area (Å²) in [5.74, 6) is -1.99. The van der Waals surface area contributed by atoms with Crippen molar-refractivity contribution in [2.75, 3.05) is 6.54 Å². The lowest BCUT2D eigenvalue weighted by atomic mass is 10.0. The van der Waals surface area contributed by atoms with Gasteiger partial charge in [-0.25, -0.2) is 0 Å². The van der Waals surface area contributed by atoms with Gasteiger partial charge >= 0.3 is 5.97 Å². The van der Waals surface area contributed by atoms with E-state index in [4.69, 9.17) is 10.5 Å². The number of rotatable bonds is 13. The smallest absolute Gasteiger partial charge is 0.308 e.